The molecule has 3 heteroatoms. The van der Waals surface area contributed by atoms with Gasteiger partial charge in [-0.25, -0.2) is 4.98 Å². The highest BCUT2D eigenvalue weighted by molar-refractivity contribution is 5.98. The maximum Gasteiger partial charge on any atom is 0.257 e. The van der Waals surface area contributed by atoms with E-state index in [2.05, 4.69) is 9.97 Å². The number of rotatable bonds is 0. The van der Waals surface area contributed by atoms with Crippen molar-refractivity contribution in [2.45, 2.75) is 0 Å². The predicted octanol–water partition coefficient (Wildman–Crippen LogP) is 1.41. The molecule has 1 aliphatic rings. The lowest BCUT2D eigenvalue weighted by Crippen LogP contribution is -2.15. The number of pyridine rings is 2. The predicted molar refractivity (Wildman–Crippen MR) is 51.3 cm³/mol. The van der Waals surface area contributed by atoms with E-state index in [4.69, 9.17) is 0 Å². The molecule has 62 valence electrons. The summed E-state index contributed by atoms with van der Waals surface area (Å²) in [5, 5.41) is 1.01. The van der Waals surface area contributed by atoms with Gasteiger partial charge in [0, 0.05) is 17.1 Å². The Hall–Kier alpha value is -1.90. The van der Waals surface area contributed by atoms with Crippen LogP contribution in [0.25, 0.3) is 23.2 Å². The molecule has 0 spiro atoms. The molecule has 3 rings (SSSR count). The van der Waals surface area contributed by atoms with Gasteiger partial charge in [0.25, 0.3) is 5.56 Å². The van der Waals surface area contributed by atoms with E-state index in [9.17, 15) is 4.79 Å². The summed E-state index contributed by atoms with van der Waals surface area (Å²) in [4.78, 5) is 18.2. The molecule has 2 aromatic heterocycles. The highest BCUT2D eigenvalue weighted by Crippen LogP contribution is 2.25. The van der Waals surface area contributed by atoms with Gasteiger partial charge in [0.05, 0.1) is 0 Å². The van der Waals surface area contributed by atoms with E-state index < -0.39 is 0 Å². The number of H-pyrrole nitrogens is 1. The molecule has 2 aromatic rings. The van der Waals surface area contributed by atoms with E-state index in [1.54, 1.807) is 6.20 Å². The number of nitrogens with zero attached hydrogens (tertiary/aromatic N) is 1. The van der Waals surface area contributed by atoms with Crippen molar-refractivity contribution in [1.82, 2.24) is 9.97 Å². The number of aromatic nitrogens is 2. The Kier molecular flexibility index (Phi) is 1.05. The molecular weight excluding hydrogens is 164 g/mol. The molecule has 0 aromatic carbocycles. The van der Waals surface area contributed by atoms with Crippen LogP contribution in [0.15, 0.2) is 23.1 Å². The van der Waals surface area contributed by atoms with E-state index in [0.29, 0.717) is 5.65 Å². The Morgan fingerprint density at radius 1 is 1.23 bits per heavy atom. The fraction of sp³-hybridized carbons (Fsp3) is 0. The van der Waals surface area contributed by atoms with Gasteiger partial charge in [0.2, 0.25) is 0 Å². The van der Waals surface area contributed by atoms with Crippen LogP contribution in [0.5, 0.6) is 0 Å². The third-order valence-corrected chi connectivity index (χ3v) is 2.28. The molecule has 2 heterocycles. The number of hydrogen-bond acceptors (Lipinski definition) is 2. The second-order valence-electron chi connectivity index (χ2n) is 3.01. The summed E-state index contributed by atoms with van der Waals surface area (Å²) in [5.74, 6) is 0. The first-order chi connectivity index (χ1) is 6.36. The van der Waals surface area contributed by atoms with Gasteiger partial charge in [-0.05, 0) is 23.8 Å². The van der Waals surface area contributed by atoms with E-state index in [-0.39, 0.29) is 5.56 Å². The topological polar surface area (TPSA) is 45.8 Å². The largest absolute Gasteiger partial charge is 0.306 e. The van der Waals surface area contributed by atoms with E-state index >= 15 is 0 Å². The minimum absolute atomic E-state index is 0.0521. The summed E-state index contributed by atoms with van der Waals surface area (Å²) < 4.78 is 0. The van der Waals surface area contributed by atoms with Crippen LogP contribution >= 0.6 is 0 Å². The molecule has 3 nitrogen and oxygen atoms in total. The van der Waals surface area contributed by atoms with E-state index in [0.717, 1.165) is 16.5 Å². The quantitative estimate of drug-likeness (QED) is 0.554. The van der Waals surface area contributed by atoms with Crippen molar-refractivity contribution in [3.05, 3.63) is 39.8 Å². The third-order valence-electron chi connectivity index (χ3n) is 2.28. The van der Waals surface area contributed by atoms with Crippen LogP contribution in [0.4, 0.5) is 0 Å². The van der Waals surface area contributed by atoms with Crippen LogP contribution in [-0.4, -0.2) is 9.97 Å². The van der Waals surface area contributed by atoms with Crippen molar-refractivity contribution in [2.75, 3.05) is 0 Å². The lowest BCUT2D eigenvalue weighted by molar-refractivity contribution is 1.21. The molecule has 0 atom stereocenters. The van der Waals surface area contributed by atoms with Crippen LogP contribution in [0.1, 0.15) is 11.1 Å². The molecule has 0 aliphatic heterocycles. The fourth-order valence-electron chi connectivity index (χ4n) is 1.58. The first kappa shape index (κ1) is 6.60. The normalized spacial score (nSPS) is 12.6. The monoisotopic (exact) mass is 170 g/mol. The number of aromatic amines is 1. The van der Waals surface area contributed by atoms with Gasteiger partial charge < -0.3 is 4.98 Å². The number of hydrogen-bond donors (Lipinski definition) is 1. The lowest BCUT2D eigenvalue weighted by atomic mass is 9.96. The maximum absolute atomic E-state index is 11.4. The van der Waals surface area contributed by atoms with E-state index in [1.807, 2.05) is 24.3 Å². The highest BCUT2D eigenvalue weighted by Gasteiger charge is 2.13. The summed E-state index contributed by atoms with van der Waals surface area (Å²) in [6.45, 7) is 0. The molecule has 0 radical (unpaired) electrons. The smallest absolute Gasteiger partial charge is 0.257 e. The Morgan fingerprint density at radius 2 is 2.08 bits per heavy atom. The van der Waals surface area contributed by atoms with Gasteiger partial charge in [0.1, 0.15) is 5.65 Å². The number of fused-ring (bicyclic) bond motifs is 3. The Morgan fingerprint density at radius 3 is 2.85 bits per heavy atom. The van der Waals surface area contributed by atoms with Crippen molar-refractivity contribution >= 4 is 23.2 Å². The average Bonchev–Trinajstić information content (AvgIpc) is 2.04. The number of nitrogens with one attached hydrogen (secondary N) is 1. The van der Waals surface area contributed by atoms with Gasteiger partial charge in [-0.15, -0.1) is 0 Å². The van der Waals surface area contributed by atoms with Crippen molar-refractivity contribution in [3.8, 4) is 0 Å². The SMILES string of the molecule is O=c1[nH]c2ncccc2c2c1C=C2. The molecule has 13 heavy (non-hydrogen) atoms. The highest BCUT2D eigenvalue weighted by atomic mass is 16.1. The second kappa shape index (κ2) is 2.07. The van der Waals surface area contributed by atoms with Crippen molar-refractivity contribution in [2.24, 2.45) is 0 Å². The molecule has 0 fully saturated rings. The minimum atomic E-state index is -0.0521. The summed E-state index contributed by atoms with van der Waals surface area (Å²) >= 11 is 0. The zero-order valence-corrected chi connectivity index (χ0v) is 6.74. The lowest BCUT2D eigenvalue weighted by Gasteiger charge is -2.10. The first-order valence-corrected chi connectivity index (χ1v) is 4.05. The summed E-state index contributed by atoms with van der Waals surface area (Å²) in [6.07, 6.45) is 5.43. The van der Waals surface area contributed by atoms with Crippen LogP contribution in [0.2, 0.25) is 0 Å². The van der Waals surface area contributed by atoms with Gasteiger partial charge in [-0.2, -0.15) is 0 Å². The van der Waals surface area contributed by atoms with Gasteiger partial charge in [-0.1, -0.05) is 6.08 Å². The summed E-state index contributed by atoms with van der Waals surface area (Å²) in [6, 6.07) is 3.83. The maximum atomic E-state index is 11.4. The first-order valence-electron chi connectivity index (χ1n) is 4.05. The van der Waals surface area contributed by atoms with Crippen LogP contribution in [0, 0.1) is 0 Å². The van der Waals surface area contributed by atoms with Gasteiger partial charge in [0.15, 0.2) is 0 Å². The zero-order valence-electron chi connectivity index (χ0n) is 6.74. The average molecular weight is 170 g/mol. The van der Waals surface area contributed by atoms with E-state index in [1.165, 1.54) is 0 Å². The molecule has 1 aliphatic carbocycles. The molecular formula is C10H6N2O. The molecule has 0 amide bonds. The van der Waals surface area contributed by atoms with Crippen molar-refractivity contribution < 1.29 is 0 Å². The zero-order chi connectivity index (χ0) is 8.84. The summed E-state index contributed by atoms with van der Waals surface area (Å²) in [5.41, 5.74) is 2.38. The minimum Gasteiger partial charge on any atom is -0.306 e. The Bertz CT molecular complexity index is 581. The van der Waals surface area contributed by atoms with Crippen LogP contribution in [-0.2, 0) is 0 Å². The molecule has 0 saturated carbocycles. The second-order valence-corrected chi connectivity index (χ2v) is 3.01. The summed E-state index contributed by atoms with van der Waals surface area (Å²) in [7, 11) is 0. The van der Waals surface area contributed by atoms with Gasteiger partial charge in [-0.3, -0.25) is 4.79 Å². The Labute approximate surface area is 73.7 Å². The molecule has 0 bridgehead atoms. The van der Waals surface area contributed by atoms with Crippen LogP contribution < -0.4 is 5.56 Å². The van der Waals surface area contributed by atoms with Crippen molar-refractivity contribution in [1.29, 1.82) is 0 Å². The molecule has 0 unspecified atom stereocenters. The molecule has 1 N–H and O–H groups in total. The van der Waals surface area contributed by atoms with Gasteiger partial charge >= 0.3 is 0 Å². The third kappa shape index (κ3) is 0.731. The fourth-order valence-corrected chi connectivity index (χ4v) is 1.58. The standard InChI is InChI=1S/C10H6N2O/c13-10-8-4-3-6(8)7-2-1-5-11-9(7)12-10/h1-5H,(H,11,12,13). The van der Waals surface area contributed by atoms with Crippen LogP contribution in [0.3, 0.4) is 0 Å². The Balaban J connectivity index is 2.60. The molecule has 0 saturated heterocycles. The van der Waals surface area contributed by atoms with Crippen molar-refractivity contribution in [3.63, 3.8) is 0 Å².